The number of piperidine rings is 1. The third kappa shape index (κ3) is 2.53. The number of benzene rings is 1. The maximum absolute atomic E-state index is 12.9. The van der Waals surface area contributed by atoms with Crippen molar-refractivity contribution in [1.82, 2.24) is 10.2 Å². The normalized spacial score (nSPS) is 26.1. The number of carbonyl (C=O) groups is 2. The zero-order valence-electron chi connectivity index (χ0n) is 12.0. The van der Waals surface area contributed by atoms with Gasteiger partial charge in [-0.3, -0.25) is 9.59 Å². The number of nitrogens with zero attached hydrogens (tertiary/aromatic N) is 1. The standard InChI is InChI=1S/C16H21N3O2/c17-9-13(11-5-2-1-3-6-11)16(21)19-8-4-7-12-14(19)10-18-15(12)20/h1-3,5-6,12-14H,4,7-10,17H2,(H,18,20). The zero-order chi connectivity index (χ0) is 14.8. The summed E-state index contributed by atoms with van der Waals surface area (Å²) in [6.07, 6.45) is 1.76. The minimum atomic E-state index is -0.319. The van der Waals surface area contributed by atoms with Crippen LogP contribution in [0.5, 0.6) is 0 Å². The molecule has 3 unspecified atom stereocenters. The summed E-state index contributed by atoms with van der Waals surface area (Å²) < 4.78 is 0. The highest BCUT2D eigenvalue weighted by Gasteiger charge is 2.43. The van der Waals surface area contributed by atoms with Crippen molar-refractivity contribution in [3.8, 4) is 0 Å². The highest BCUT2D eigenvalue weighted by atomic mass is 16.2. The van der Waals surface area contributed by atoms with Crippen LogP contribution in [-0.4, -0.2) is 42.4 Å². The van der Waals surface area contributed by atoms with Gasteiger partial charge >= 0.3 is 0 Å². The number of likely N-dealkylation sites (tertiary alicyclic amines) is 1. The van der Waals surface area contributed by atoms with E-state index in [1.165, 1.54) is 0 Å². The Balaban J connectivity index is 1.81. The van der Waals surface area contributed by atoms with E-state index in [0.717, 1.165) is 24.9 Å². The maximum Gasteiger partial charge on any atom is 0.231 e. The highest BCUT2D eigenvalue weighted by molar-refractivity contribution is 5.87. The van der Waals surface area contributed by atoms with Gasteiger partial charge in [-0.25, -0.2) is 0 Å². The number of fused-ring (bicyclic) bond motifs is 1. The lowest BCUT2D eigenvalue weighted by Crippen LogP contribution is -2.51. The molecule has 2 amide bonds. The molecule has 5 nitrogen and oxygen atoms in total. The molecule has 1 aromatic carbocycles. The first-order chi connectivity index (χ1) is 10.2. The summed E-state index contributed by atoms with van der Waals surface area (Å²) in [7, 11) is 0. The van der Waals surface area contributed by atoms with Crippen molar-refractivity contribution in [1.29, 1.82) is 0 Å². The van der Waals surface area contributed by atoms with E-state index in [-0.39, 0.29) is 36.2 Å². The van der Waals surface area contributed by atoms with E-state index in [1.54, 1.807) is 0 Å². The van der Waals surface area contributed by atoms with Crippen molar-refractivity contribution in [3.05, 3.63) is 35.9 Å². The molecular weight excluding hydrogens is 266 g/mol. The van der Waals surface area contributed by atoms with Crippen LogP contribution in [0.2, 0.25) is 0 Å². The molecule has 0 radical (unpaired) electrons. The molecule has 2 fully saturated rings. The van der Waals surface area contributed by atoms with E-state index in [4.69, 9.17) is 5.73 Å². The molecule has 3 atom stereocenters. The number of rotatable bonds is 3. The zero-order valence-corrected chi connectivity index (χ0v) is 12.0. The Morgan fingerprint density at radius 1 is 1.38 bits per heavy atom. The van der Waals surface area contributed by atoms with Crippen LogP contribution < -0.4 is 11.1 Å². The fourth-order valence-corrected chi connectivity index (χ4v) is 3.49. The Labute approximate surface area is 124 Å². The van der Waals surface area contributed by atoms with Crippen LogP contribution >= 0.6 is 0 Å². The maximum atomic E-state index is 12.9. The summed E-state index contributed by atoms with van der Waals surface area (Å²) in [4.78, 5) is 26.6. The Hall–Kier alpha value is -1.88. The van der Waals surface area contributed by atoms with E-state index in [1.807, 2.05) is 35.2 Å². The average Bonchev–Trinajstić information content (AvgIpc) is 2.91. The van der Waals surface area contributed by atoms with E-state index in [9.17, 15) is 9.59 Å². The molecule has 3 N–H and O–H groups in total. The second-order valence-electron chi connectivity index (χ2n) is 5.79. The average molecular weight is 287 g/mol. The minimum Gasteiger partial charge on any atom is -0.354 e. The van der Waals surface area contributed by atoms with Gasteiger partial charge in [-0.2, -0.15) is 0 Å². The molecular formula is C16H21N3O2. The van der Waals surface area contributed by atoms with Gasteiger partial charge in [0.05, 0.1) is 17.9 Å². The lowest BCUT2D eigenvalue weighted by Gasteiger charge is -2.38. The van der Waals surface area contributed by atoms with Gasteiger partial charge in [-0.15, -0.1) is 0 Å². The summed E-state index contributed by atoms with van der Waals surface area (Å²) in [6, 6.07) is 9.65. The number of amides is 2. The predicted molar refractivity (Wildman–Crippen MR) is 79.5 cm³/mol. The smallest absolute Gasteiger partial charge is 0.231 e. The van der Waals surface area contributed by atoms with Crippen LogP contribution in [0.3, 0.4) is 0 Å². The largest absolute Gasteiger partial charge is 0.354 e. The van der Waals surface area contributed by atoms with Crippen LogP contribution in [0.15, 0.2) is 30.3 Å². The number of hydrogen-bond acceptors (Lipinski definition) is 3. The molecule has 2 saturated heterocycles. The monoisotopic (exact) mass is 287 g/mol. The number of nitrogens with one attached hydrogen (secondary N) is 1. The van der Waals surface area contributed by atoms with Crippen LogP contribution in [0.1, 0.15) is 24.3 Å². The third-order valence-electron chi connectivity index (χ3n) is 4.62. The van der Waals surface area contributed by atoms with Crippen molar-refractivity contribution in [3.63, 3.8) is 0 Å². The van der Waals surface area contributed by atoms with Gasteiger partial charge in [0, 0.05) is 19.6 Å². The summed E-state index contributed by atoms with van der Waals surface area (Å²) in [6.45, 7) is 1.58. The molecule has 2 heterocycles. The first-order valence-electron chi connectivity index (χ1n) is 7.55. The number of carbonyl (C=O) groups excluding carboxylic acids is 2. The SMILES string of the molecule is NCC(C(=O)N1CCCC2C(=O)NCC21)c1ccccc1. The lowest BCUT2D eigenvalue weighted by atomic mass is 9.89. The molecule has 0 spiro atoms. The van der Waals surface area contributed by atoms with Crippen molar-refractivity contribution in [2.24, 2.45) is 11.7 Å². The second kappa shape index (κ2) is 5.85. The number of nitrogens with two attached hydrogens (primary N) is 1. The highest BCUT2D eigenvalue weighted by Crippen LogP contribution is 2.30. The van der Waals surface area contributed by atoms with E-state index >= 15 is 0 Å². The van der Waals surface area contributed by atoms with Gasteiger partial charge in [0.15, 0.2) is 0 Å². The van der Waals surface area contributed by atoms with Crippen LogP contribution in [0, 0.1) is 5.92 Å². The van der Waals surface area contributed by atoms with E-state index in [0.29, 0.717) is 6.54 Å². The molecule has 21 heavy (non-hydrogen) atoms. The third-order valence-corrected chi connectivity index (χ3v) is 4.62. The summed E-state index contributed by atoms with van der Waals surface area (Å²) >= 11 is 0. The van der Waals surface area contributed by atoms with Crippen molar-refractivity contribution in [2.75, 3.05) is 19.6 Å². The second-order valence-corrected chi connectivity index (χ2v) is 5.79. The fraction of sp³-hybridized carbons (Fsp3) is 0.500. The minimum absolute atomic E-state index is 0.00323. The first kappa shape index (κ1) is 14.1. The molecule has 2 aliphatic heterocycles. The van der Waals surface area contributed by atoms with Crippen LogP contribution in [0.25, 0.3) is 0 Å². The predicted octanol–water partition coefficient (Wildman–Crippen LogP) is 0.466. The molecule has 0 bridgehead atoms. The van der Waals surface area contributed by atoms with Gasteiger partial charge in [-0.1, -0.05) is 30.3 Å². The molecule has 112 valence electrons. The molecule has 0 aliphatic carbocycles. The van der Waals surface area contributed by atoms with Gasteiger partial charge < -0.3 is 16.0 Å². The van der Waals surface area contributed by atoms with E-state index < -0.39 is 0 Å². The quantitative estimate of drug-likeness (QED) is 0.848. The fourth-order valence-electron chi connectivity index (χ4n) is 3.49. The van der Waals surface area contributed by atoms with Crippen molar-refractivity contribution < 1.29 is 9.59 Å². The Morgan fingerprint density at radius 2 is 2.14 bits per heavy atom. The van der Waals surface area contributed by atoms with Crippen molar-refractivity contribution in [2.45, 2.75) is 24.8 Å². The van der Waals surface area contributed by atoms with Gasteiger partial charge in [0.1, 0.15) is 0 Å². The summed E-state index contributed by atoms with van der Waals surface area (Å²) in [5.74, 6) is -0.228. The molecule has 5 heteroatoms. The lowest BCUT2D eigenvalue weighted by molar-refractivity contribution is -0.138. The van der Waals surface area contributed by atoms with Crippen LogP contribution in [0.4, 0.5) is 0 Å². The Morgan fingerprint density at radius 3 is 2.86 bits per heavy atom. The first-order valence-corrected chi connectivity index (χ1v) is 7.55. The molecule has 0 saturated carbocycles. The Kier molecular flexibility index (Phi) is 3.92. The van der Waals surface area contributed by atoms with Crippen molar-refractivity contribution >= 4 is 11.8 Å². The van der Waals surface area contributed by atoms with E-state index in [2.05, 4.69) is 5.32 Å². The summed E-state index contributed by atoms with van der Waals surface area (Å²) in [5, 5.41) is 2.88. The molecule has 2 aliphatic rings. The molecule has 0 aromatic heterocycles. The van der Waals surface area contributed by atoms with Gasteiger partial charge in [-0.05, 0) is 18.4 Å². The van der Waals surface area contributed by atoms with Crippen LogP contribution in [-0.2, 0) is 9.59 Å². The summed E-state index contributed by atoms with van der Waals surface area (Å²) in [5.41, 5.74) is 6.80. The molecule has 1 aromatic rings. The topological polar surface area (TPSA) is 75.4 Å². The van der Waals surface area contributed by atoms with Gasteiger partial charge in [0.2, 0.25) is 11.8 Å². The molecule has 3 rings (SSSR count). The Bertz CT molecular complexity index is 532. The van der Waals surface area contributed by atoms with Gasteiger partial charge in [0.25, 0.3) is 0 Å². The number of hydrogen-bond donors (Lipinski definition) is 2.